The molecule has 7 heteroatoms. The van der Waals surface area contributed by atoms with Crippen LogP contribution in [0.25, 0.3) is 0 Å². The highest BCUT2D eigenvalue weighted by Crippen LogP contribution is 2.20. The van der Waals surface area contributed by atoms with Crippen molar-refractivity contribution in [3.63, 3.8) is 0 Å². The van der Waals surface area contributed by atoms with Crippen molar-refractivity contribution in [2.24, 2.45) is 0 Å². The van der Waals surface area contributed by atoms with Gasteiger partial charge in [-0.05, 0) is 75.7 Å². The van der Waals surface area contributed by atoms with E-state index < -0.39 is 34.6 Å². The summed E-state index contributed by atoms with van der Waals surface area (Å²) in [5.74, 6) is 0. The van der Waals surface area contributed by atoms with E-state index in [-0.39, 0.29) is 13.2 Å². The molecule has 154 valence electrons. The number of aliphatic hydroxyl groups is 1. The van der Waals surface area contributed by atoms with Crippen LogP contribution in [0.15, 0.2) is 0 Å². The first-order valence-electron chi connectivity index (χ1n) is 8.91. The molecule has 0 aromatic heterocycles. The van der Waals surface area contributed by atoms with Crippen LogP contribution < -0.4 is 0 Å². The molecule has 0 aliphatic carbocycles. The molecule has 0 bridgehead atoms. The van der Waals surface area contributed by atoms with Crippen molar-refractivity contribution in [2.75, 3.05) is 13.2 Å². The number of rotatable bonds is 6. The van der Waals surface area contributed by atoms with Gasteiger partial charge < -0.3 is 19.3 Å². The summed E-state index contributed by atoms with van der Waals surface area (Å²) in [6.07, 6.45) is -1.15. The Balaban J connectivity index is 5.20. The standard InChI is InChI=1S/C19H37NO6/c1-16(2,3)25-14(21)20(15(22)26-17(4,5)6)13-19(9,10)24-12-11-18(7,8)23/h23H,11-13H2,1-10H3. The topological polar surface area (TPSA) is 85.3 Å². The molecule has 0 aliphatic rings. The molecule has 0 unspecified atom stereocenters. The average molecular weight is 376 g/mol. The molecular formula is C19H37NO6. The van der Waals surface area contributed by atoms with Gasteiger partial charge in [0.05, 0.1) is 24.4 Å². The first-order chi connectivity index (χ1) is 11.3. The molecule has 26 heavy (non-hydrogen) atoms. The van der Waals surface area contributed by atoms with Gasteiger partial charge in [-0.2, -0.15) is 0 Å². The quantitative estimate of drug-likeness (QED) is 0.752. The summed E-state index contributed by atoms with van der Waals surface area (Å²) in [4.78, 5) is 25.9. The van der Waals surface area contributed by atoms with E-state index in [9.17, 15) is 14.7 Å². The summed E-state index contributed by atoms with van der Waals surface area (Å²) < 4.78 is 16.4. The Morgan fingerprint density at radius 1 is 0.808 bits per heavy atom. The number of nitrogens with zero attached hydrogens (tertiary/aromatic N) is 1. The first-order valence-corrected chi connectivity index (χ1v) is 8.91. The van der Waals surface area contributed by atoms with Crippen molar-refractivity contribution < 1.29 is 28.9 Å². The maximum atomic E-state index is 12.5. The van der Waals surface area contributed by atoms with Crippen LogP contribution in [0.1, 0.15) is 75.7 Å². The Morgan fingerprint density at radius 3 is 1.50 bits per heavy atom. The Kier molecular flexibility index (Phi) is 8.12. The largest absolute Gasteiger partial charge is 0.443 e. The molecule has 0 heterocycles. The molecule has 1 N–H and O–H groups in total. The molecule has 0 fully saturated rings. The van der Waals surface area contributed by atoms with Crippen LogP contribution in [0, 0.1) is 0 Å². The minimum atomic E-state index is -0.855. The fourth-order valence-corrected chi connectivity index (χ4v) is 1.84. The second-order valence-corrected chi connectivity index (χ2v) is 9.72. The second-order valence-electron chi connectivity index (χ2n) is 9.72. The number of amides is 2. The first kappa shape index (κ1) is 24.7. The molecule has 0 aromatic carbocycles. The third-order valence-corrected chi connectivity index (χ3v) is 2.97. The van der Waals surface area contributed by atoms with Crippen molar-refractivity contribution >= 4 is 12.2 Å². The minimum absolute atomic E-state index is 0.0390. The molecule has 0 saturated carbocycles. The summed E-state index contributed by atoms with van der Waals surface area (Å²) in [5.41, 5.74) is -3.18. The number of hydrogen-bond donors (Lipinski definition) is 1. The lowest BCUT2D eigenvalue weighted by molar-refractivity contribution is -0.0668. The number of hydrogen-bond acceptors (Lipinski definition) is 6. The van der Waals surface area contributed by atoms with E-state index in [0.717, 1.165) is 4.90 Å². The molecule has 7 nitrogen and oxygen atoms in total. The Labute approximate surface area is 158 Å². The zero-order valence-electron chi connectivity index (χ0n) is 18.1. The van der Waals surface area contributed by atoms with Crippen LogP contribution in [0.3, 0.4) is 0 Å². The average Bonchev–Trinajstić information content (AvgIpc) is 2.29. The number of carbonyl (C=O) groups is 2. The van der Waals surface area contributed by atoms with Gasteiger partial charge in [-0.3, -0.25) is 0 Å². The van der Waals surface area contributed by atoms with E-state index >= 15 is 0 Å². The third-order valence-electron chi connectivity index (χ3n) is 2.97. The van der Waals surface area contributed by atoms with Crippen LogP contribution in [-0.2, 0) is 14.2 Å². The van der Waals surface area contributed by atoms with Gasteiger partial charge in [-0.25, -0.2) is 14.5 Å². The summed E-state index contributed by atoms with van der Waals surface area (Å²) in [5, 5.41) is 9.79. The molecule has 0 saturated heterocycles. The number of imide groups is 1. The zero-order chi connectivity index (χ0) is 21.0. The van der Waals surface area contributed by atoms with Crippen molar-refractivity contribution in [3.05, 3.63) is 0 Å². The predicted molar refractivity (Wildman–Crippen MR) is 100 cm³/mol. The highest BCUT2D eigenvalue weighted by Gasteiger charge is 2.36. The summed E-state index contributed by atoms with van der Waals surface area (Å²) >= 11 is 0. The molecule has 0 atom stereocenters. The van der Waals surface area contributed by atoms with Gasteiger partial charge in [0, 0.05) is 0 Å². The Morgan fingerprint density at radius 2 is 1.19 bits per heavy atom. The molecule has 0 aliphatic heterocycles. The normalized spacial score (nSPS) is 13.3. The van der Waals surface area contributed by atoms with Gasteiger partial charge in [-0.1, -0.05) is 0 Å². The summed E-state index contributed by atoms with van der Waals surface area (Å²) in [6.45, 7) is 17.5. The highest BCUT2D eigenvalue weighted by molar-refractivity contribution is 5.88. The third kappa shape index (κ3) is 12.1. The van der Waals surface area contributed by atoms with Crippen LogP contribution in [0.5, 0.6) is 0 Å². The monoisotopic (exact) mass is 375 g/mol. The van der Waals surface area contributed by atoms with Crippen LogP contribution in [-0.4, -0.2) is 57.7 Å². The van der Waals surface area contributed by atoms with Gasteiger partial charge in [0.25, 0.3) is 0 Å². The molecule has 0 rings (SSSR count). The van der Waals surface area contributed by atoms with Gasteiger partial charge in [0.15, 0.2) is 0 Å². The maximum absolute atomic E-state index is 12.5. The minimum Gasteiger partial charge on any atom is -0.443 e. The smallest absolute Gasteiger partial charge is 0.419 e. The van der Waals surface area contributed by atoms with Crippen LogP contribution in [0.4, 0.5) is 9.59 Å². The highest BCUT2D eigenvalue weighted by atomic mass is 16.6. The van der Waals surface area contributed by atoms with Gasteiger partial charge in [0.1, 0.15) is 11.2 Å². The maximum Gasteiger partial charge on any atom is 0.419 e. The predicted octanol–water partition coefficient (Wildman–Crippen LogP) is 4.11. The lowest BCUT2D eigenvalue weighted by Gasteiger charge is -2.34. The van der Waals surface area contributed by atoms with E-state index in [4.69, 9.17) is 14.2 Å². The summed E-state index contributed by atoms with van der Waals surface area (Å²) in [6, 6.07) is 0. The second kappa shape index (κ2) is 8.57. The molecule has 0 spiro atoms. The lowest BCUT2D eigenvalue weighted by Crippen LogP contribution is -2.50. The molecule has 0 aromatic rings. The van der Waals surface area contributed by atoms with Gasteiger partial charge in [-0.15, -0.1) is 0 Å². The number of ether oxygens (including phenoxy) is 3. The van der Waals surface area contributed by atoms with E-state index in [2.05, 4.69) is 0 Å². The number of carbonyl (C=O) groups excluding carboxylic acids is 2. The van der Waals surface area contributed by atoms with Gasteiger partial charge in [0.2, 0.25) is 0 Å². The van der Waals surface area contributed by atoms with Crippen molar-refractivity contribution in [3.8, 4) is 0 Å². The van der Waals surface area contributed by atoms with E-state index in [0.29, 0.717) is 6.42 Å². The van der Waals surface area contributed by atoms with Crippen LogP contribution in [0.2, 0.25) is 0 Å². The fourth-order valence-electron chi connectivity index (χ4n) is 1.84. The lowest BCUT2D eigenvalue weighted by atomic mass is 10.1. The molecule has 0 radical (unpaired) electrons. The van der Waals surface area contributed by atoms with Crippen molar-refractivity contribution in [1.82, 2.24) is 4.90 Å². The fraction of sp³-hybridized carbons (Fsp3) is 0.895. The summed E-state index contributed by atoms with van der Waals surface area (Å²) in [7, 11) is 0. The molecule has 2 amide bonds. The Bertz CT molecular complexity index is 452. The van der Waals surface area contributed by atoms with Gasteiger partial charge >= 0.3 is 12.2 Å². The van der Waals surface area contributed by atoms with Crippen molar-refractivity contribution in [1.29, 1.82) is 0 Å². The van der Waals surface area contributed by atoms with Crippen LogP contribution >= 0.6 is 0 Å². The SMILES string of the molecule is CC(C)(O)CCOC(C)(C)CN(C(=O)OC(C)(C)C)C(=O)OC(C)(C)C. The molecular weight excluding hydrogens is 338 g/mol. The zero-order valence-corrected chi connectivity index (χ0v) is 18.1. The van der Waals surface area contributed by atoms with E-state index in [1.807, 2.05) is 0 Å². The Hall–Kier alpha value is -1.34. The van der Waals surface area contributed by atoms with Crippen molar-refractivity contribution in [2.45, 2.75) is 98.1 Å². The van der Waals surface area contributed by atoms with E-state index in [1.54, 1.807) is 69.2 Å². The van der Waals surface area contributed by atoms with E-state index in [1.165, 1.54) is 0 Å².